The third-order valence-electron chi connectivity index (χ3n) is 2.31. The number of hydrogen-bond donors (Lipinski definition) is 0. The summed E-state index contributed by atoms with van der Waals surface area (Å²) in [6, 6.07) is 13.3. The van der Waals surface area contributed by atoms with Gasteiger partial charge in [-0.15, -0.1) is 0 Å². The van der Waals surface area contributed by atoms with Crippen LogP contribution in [0.5, 0.6) is 0 Å². The molecule has 1 aromatic carbocycles. The zero-order chi connectivity index (χ0) is 9.03. The van der Waals surface area contributed by atoms with Crippen molar-refractivity contribution in [2.75, 3.05) is 0 Å². The van der Waals surface area contributed by atoms with Crippen molar-refractivity contribution in [3.8, 4) is 0 Å². The van der Waals surface area contributed by atoms with Crippen LogP contribution in [0.25, 0.3) is 0 Å². The monoisotopic (exact) mass is 191 g/mol. The smallest absolute Gasteiger partial charge is 0.0659 e. The van der Waals surface area contributed by atoms with E-state index in [-0.39, 0.29) is 0 Å². The summed E-state index contributed by atoms with van der Waals surface area (Å²) in [6.45, 7) is 4.84. The van der Waals surface area contributed by atoms with Crippen molar-refractivity contribution in [2.24, 2.45) is 0 Å². The summed E-state index contributed by atoms with van der Waals surface area (Å²) < 4.78 is 0. The lowest BCUT2D eigenvalue weighted by atomic mass is 10.4. The summed E-state index contributed by atoms with van der Waals surface area (Å²) in [5, 5.41) is 1.56. The normalized spacial score (nSPS) is 11.6. The lowest BCUT2D eigenvalue weighted by Crippen LogP contribution is -2.40. The lowest BCUT2D eigenvalue weighted by molar-refractivity contribution is 1.36. The average molecular weight is 191 g/mol. The predicted octanol–water partition coefficient (Wildman–Crippen LogP) is 2.19. The molecule has 0 aliphatic rings. The van der Waals surface area contributed by atoms with E-state index in [4.69, 9.17) is 0 Å². The van der Waals surface area contributed by atoms with Gasteiger partial charge in [0.25, 0.3) is 0 Å². The molecule has 0 heterocycles. The van der Waals surface area contributed by atoms with Crippen LogP contribution in [0.4, 0.5) is 0 Å². The SMILES string of the molecule is C[Si](C)(CC[Si])c1ccccc1. The molecule has 0 atom stereocenters. The van der Waals surface area contributed by atoms with Crippen LogP contribution in [-0.4, -0.2) is 18.3 Å². The first-order chi connectivity index (χ1) is 5.67. The number of rotatable bonds is 3. The van der Waals surface area contributed by atoms with E-state index in [1.807, 2.05) is 0 Å². The standard InChI is InChI=1S/C10H15Si2/c1-12(2,9-8-11)10-6-4-3-5-7-10/h3-7H,8-9H2,1-2H3. The van der Waals surface area contributed by atoms with Gasteiger partial charge in [0, 0.05) is 10.2 Å². The molecule has 0 aromatic heterocycles. The van der Waals surface area contributed by atoms with E-state index < -0.39 is 8.07 Å². The Morgan fingerprint density at radius 2 is 1.75 bits per heavy atom. The minimum absolute atomic E-state index is 1.12. The highest BCUT2D eigenvalue weighted by Gasteiger charge is 2.20. The van der Waals surface area contributed by atoms with Gasteiger partial charge in [-0.05, 0) is 0 Å². The molecular weight excluding hydrogens is 176 g/mol. The topological polar surface area (TPSA) is 0 Å². The summed E-state index contributed by atoms with van der Waals surface area (Å²) in [5.74, 6) is 0. The Morgan fingerprint density at radius 1 is 1.17 bits per heavy atom. The first-order valence-electron chi connectivity index (χ1n) is 4.37. The van der Waals surface area contributed by atoms with E-state index in [9.17, 15) is 0 Å². The van der Waals surface area contributed by atoms with E-state index in [0.29, 0.717) is 0 Å². The van der Waals surface area contributed by atoms with Crippen LogP contribution >= 0.6 is 0 Å². The van der Waals surface area contributed by atoms with E-state index in [1.165, 1.54) is 6.04 Å². The molecule has 0 spiro atoms. The first kappa shape index (κ1) is 9.74. The molecule has 1 aromatic rings. The van der Waals surface area contributed by atoms with Crippen LogP contribution in [0.2, 0.25) is 25.2 Å². The second kappa shape index (κ2) is 4.05. The summed E-state index contributed by atoms with van der Waals surface area (Å²) in [7, 11) is 2.44. The average Bonchev–Trinajstić information content (AvgIpc) is 2.06. The Labute approximate surface area is 79.4 Å². The molecule has 0 saturated carbocycles. The highest BCUT2D eigenvalue weighted by Crippen LogP contribution is 2.10. The van der Waals surface area contributed by atoms with Crippen LogP contribution in [0, 0.1) is 0 Å². The van der Waals surface area contributed by atoms with Gasteiger partial charge in [-0.2, -0.15) is 0 Å². The van der Waals surface area contributed by atoms with Gasteiger partial charge in [0.2, 0.25) is 0 Å². The molecular formula is C10H15Si2. The largest absolute Gasteiger partial charge is 0.0803 e. The van der Waals surface area contributed by atoms with Crippen molar-refractivity contribution in [1.82, 2.24) is 0 Å². The maximum absolute atomic E-state index is 3.56. The Hall–Kier alpha value is -0.346. The molecule has 63 valence electrons. The van der Waals surface area contributed by atoms with Crippen molar-refractivity contribution in [1.29, 1.82) is 0 Å². The summed E-state index contributed by atoms with van der Waals surface area (Å²) in [6.07, 6.45) is 0. The molecule has 12 heavy (non-hydrogen) atoms. The van der Waals surface area contributed by atoms with Gasteiger partial charge in [0.15, 0.2) is 0 Å². The minimum atomic E-state index is -1.13. The van der Waals surface area contributed by atoms with Crippen molar-refractivity contribution >= 4 is 23.5 Å². The van der Waals surface area contributed by atoms with Gasteiger partial charge < -0.3 is 0 Å². The Balaban J connectivity index is 2.82. The predicted molar refractivity (Wildman–Crippen MR) is 58.9 cm³/mol. The van der Waals surface area contributed by atoms with E-state index in [1.54, 1.807) is 5.19 Å². The molecule has 0 nitrogen and oxygen atoms in total. The molecule has 2 heteroatoms. The second-order valence-corrected chi connectivity index (χ2v) is 9.10. The Bertz CT molecular complexity index is 229. The first-order valence-corrected chi connectivity index (χ1v) is 8.28. The van der Waals surface area contributed by atoms with Gasteiger partial charge in [-0.3, -0.25) is 0 Å². The third kappa shape index (κ3) is 2.32. The number of hydrogen-bond acceptors (Lipinski definition) is 0. The van der Waals surface area contributed by atoms with E-state index >= 15 is 0 Å². The molecule has 0 saturated heterocycles. The summed E-state index contributed by atoms with van der Waals surface area (Å²) in [4.78, 5) is 0. The fourth-order valence-electron chi connectivity index (χ4n) is 1.35. The minimum Gasteiger partial charge on any atom is -0.0659 e. The van der Waals surface area contributed by atoms with Crippen LogP contribution in [-0.2, 0) is 0 Å². The number of benzene rings is 1. The highest BCUT2D eigenvalue weighted by molar-refractivity contribution is 6.90. The molecule has 0 aliphatic carbocycles. The van der Waals surface area contributed by atoms with Gasteiger partial charge in [0.05, 0.1) is 8.07 Å². The third-order valence-corrected chi connectivity index (χ3v) is 6.45. The molecule has 0 unspecified atom stereocenters. The molecule has 0 bridgehead atoms. The van der Waals surface area contributed by atoms with Crippen molar-refractivity contribution in [2.45, 2.75) is 25.2 Å². The van der Waals surface area contributed by atoms with Crippen molar-refractivity contribution < 1.29 is 0 Å². The molecule has 0 amide bonds. The highest BCUT2D eigenvalue weighted by atomic mass is 28.3. The van der Waals surface area contributed by atoms with E-state index in [0.717, 1.165) is 6.04 Å². The fourth-order valence-corrected chi connectivity index (χ4v) is 5.23. The van der Waals surface area contributed by atoms with Crippen LogP contribution < -0.4 is 5.19 Å². The second-order valence-electron chi connectivity index (χ2n) is 3.75. The lowest BCUT2D eigenvalue weighted by Gasteiger charge is -2.21. The molecule has 3 radical (unpaired) electrons. The van der Waals surface area contributed by atoms with Crippen LogP contribution in [0.15, 0.2) is 30.3 Å². The maximum Gasteiger partial charge on any atom is 0.0803 e. The van der Waals surface area contributed by atoms with Gasteiger partial charge in [-0.1, -0.05) is 60.7 Å². The Kier molecular flexibility index (Phi) is 3.29. The molecule has 0 fully saturated rings. The van der Waals surface area contributed by atoms with Gasteiger partial charge in [-0.25, -0.2) is 0 Å². The molecule has 1 rings (SSSR count). The zero-order valence-electron chi connectivity index (χ0n) is 7.80. The molecule has 0 aliphatic heterocycles. The van der Waals surface area contributed by atoms with Crippen LogP contribution in [0.3, 0.4) is 0 Å². The quantitative estimate of drug-likeness (QED) is 0.643. The van der Waals surface area contributed by atoms with Crippen LogP contribution in [0.1, 0.15) is 0 Å². The molecule has 0 N–H and O–H groups in total. The summed E-state index contributed by atoms with van der Waals surface area (Å²) in [5.41, 5.74) is 0. The Morgan fingerprint density at radius 3 is 2.25 bits per heavy atom. The zero-order valence-corrected chi connectivity index (χ0v) is 9.80. The van der Waals surface area contributed by atoms with Gasteiger partial charge >= 0.3 is 0 Å². The summed E-state index contributed by atoms with van der Waals surface area (Å²) >= 11 is 0. The van der Waals surface area contributed by atoms with E-state index in [2.05, 4.69) is 53.7 Å². The van der Waals surface area contributed by atoms with Gasteiger partial charge in [0.1, 0.15) is 0 Å². The fraction of sp³-hybridized carbons (Fsp3) is 0.400. The van der Waals surface area contributed by atoms with Crippen molar-refractivity contribution in [3.63, 3.8) is 0 Å². The maximum atomic E-state index is 3.56. The van der Waals surface area contributed by atoms with Crippen molar-refractivity contribution in [3.05, 3.63) is 30.3 Å².